The van der Waals surface area contributed by atoms with Gasteiger partial charge < -0.3 is 4.90 Å². The third-order valence-electron chi connectivity index (χ3n) is 3.33. The second kappa shape index (κ2) is 5.28. The molecule has 0 bridgehead atoms. The number of rotatable bonds is 2. The molecule has 2 aromatic rings. The summed E-state index contributed by atoms with van der Waals surface area (Å²) >= 11 is 0. The average molecular weight is 252 g/mol. The minimum absolute atomic E-state index is 0.721. The van der Waals surface area contributed by atoms with Crippen molar-refractivity contribution in [1.29, 1.82) is 0 Å². The monoisotopic (exact) mass is 252 g/mol. The highest BCUT2D eigenvalue weighted by Gasteiger charge is 2.10. The Bertz CT molecular complexity index is 575. The van der Waals surface area contributed by atoms with Gasteiger partial charge in [-0.15, -0.1) is 0 Å². The van der Waals surface area contributed by atoms with Gasteiger partial charge in [0.1, 0.15) is 0 Å². The molecule has 0 spiro atoms. The molecule has 2 aromatic heterocycles. The molecule has 96 valence electrons. The van der Waals surface area contributed by atoms with Crippen LogP contribution in [0.15, 0.2) is 42.9 Å². The van der Waals surface area contributed by atoms with E-state index in [4.69, 9.17) is 0 Å². The Balaban J connectivity index is 1.84. The molecule has 0 saturated heterocycles. The van der Waals surface area contributed by atoms with Crippen LogP contribution in [0, 0.1) is 0 Å². The van der Waals surface area contributed by atoms with E-state index in [0.717, 1.165) is 36.6 Å². The first-order valence-corrected chi connectivity index (χ1v) is 6.44. The molecule has 0 aromatic carbocycles. The van der Waals surface area contributed by atoms with Gasteiger partial charge in [0, 0.05) is 37.2 Å². The van der Waals surface area contributed by atoms with Crippen molar-refractivity contribution >= 4 is 5.57 Å². The first-order valence-electron chi connectivity index (χ1n) is 6.44. The van der Waals surface area contributed by atoms with Crippen molar-refractivity contribution in [1.82, 2.24) is 19.9 Å². The molecule has 0 saturated carbocycles. The number of likely N-dealkylation sites (N-methyl/N-ethyl adjacent to an activating group) is 1. The van der Waals surface area contributed by atoms with Crippen molar-refractivity contribution in [2.45, 2.75) is 6.42 Å². The molecule has 0 aliphatic carbocycles. The van der Waals surface area contributed by atoms with Crippen LogP contribution >= 0.6 is 0 Å². The van der Waals surface area contributed by atoms with Crippen molar-refractivity contribution in [3.05, 3.63) is 48.6 Å². The Kier molecular flexibility index (Phi) is 3.33. The zero-order chi connectivity index (χ0) is 13.1. The van der Waals surface area contributed by atoms with E-state index in [2.05, 4.69) is 39.0 Å². The minimum atomic E-state index is 0.721. The van der Waals surface area contributed by atoms with E-state index < -0.39 is 0 Å². The Morgan fingerprint density at radius 1 is 1.11 bits per heavy atom. The first-order chi connectivity index (χ1) is 9.33. The lowest BCUT2D eigenvalue weighted by Gasteiger charge is -2.21. The van der Waals surface area contributed by atoms with Crippen LogP contribution in [-0.4, -0.2) is 40.0 Å². The summed E-state index contributed by atoms with van der Waals surface area (Å²) in [4.78, 5) is 15.3. The van der Waals surface area contributed by atoms with Crippen LogP contribution < -0.4 is 0 Å². The van der Waals surface area contributed by atoms with Crippen molar-refractivity contribution < 1.29 is 0 Å². The van der Waals surface area contributed by atoms with Gasteiger partial charge in [-0.05, 0) is 37.2 Å². The van der Waals surface area contributed by atoms with Crippen LogP contribution in [0.3, 0.4) is 0 Å². The van der Waals surface area contributed by atoms with E-state index in [-0.39, 0.29) is 0 Å². The highest BCUT2D eigenvalue weighted by Crippen LogP contribution is 2.21. The van der Waals surface area contributed by atoms with E-state index in [1.807, 2.05) is 18.3 Å². The largest absolute Gasteiger partial charge is 0.302 e. The highest BCUT2D eigenvalue weighted by atomic mass is 15.1. The van der Waals surface area contributed by atoms with E-state index in [1.165, 1.54) is 5.57 Å². The second-order valence-corrected chi connectivity index (χ2v) is 4.75. The van der Waals surface area contributed by atoms with Crippen molar-refractivity contribution in [3.63, 3.8) is 0 Å². The molecular weight excluding hydrogens is 236 g/mol. The van der Waals surface area contributed by atoms with Crippen molar-refractivity contribution in [2.75, 3.05) is 20.1 Å². The third kappa shape index (κ3) is 2.69. The van der Waals surface area contributed by atoms with Crippen LogP contribution in [0.25, 0.3) is 17.0 Å². The number of hydrogen-bond acceptors (Lipinski definition) is 4. The summed E-state index contributed by atoms with van der Waals surface area (Å²) < 4.78 is 0. The first kappa shape index (κ1) is 12.0. The number of pyridine rings is 1. The Morgan fingerprint density at radius 3 is 2.58 bits per heavy atom. The standard InChI is InChI=1S/C15H16N4/c1-19-9-5-12(6-10-19)14-4-3-13(11-18-14)15-16-7-2-8-17-15/h2-5,7-8,11H,6,9-10H2,1H3. The van der Waals surface area contributed by atoms with Gasteiger partial charge >= 0.3 is 0 Å². The fraction of sp³-hybridized carbons (Fsp3) is 0.267. The van der Waals surface area contributed by atoms with Gasteiger partial charge in [-0.2, -0.15) is 0 Å². The predicted octanol–water partition coefficient (Wildman–Crippen LogP) is 2.26. The van der Waals surface area contributed by atoms with Crippen LogP contribution in [0.4, 0.5) is 0 Å². The summed E-state index contributed by atoms with van der Waals surface area (Å²) in [6.45, 7) is 2.09. The molecule has 1 aliphatic rings. The molecule has 0 amide bonds. The molecule has 0 N–H and O–H groups in total. The Labute approximate surface area is 112 Å². The maximum absolute atomic E-state index is 4.54. The summed E-state index contributed by atoms with van der Waals surface area (Å²) in [6.07, 6.45) is 8.66. The van der Waals surface area contributed by atoms with E-state index >= 15 is 0 Å². The van der Waals surface area contributed by atoms with Gasteiger partial charge in [0.15, 0.2) is 5.82 Å². The highest BCUT2D eigenvalue weighted by molar-refractivity contribution is 5.65. The minimum Gasteiger partial charge on any atom is -0.302 e. The van der Waals surface area contributed by atoms with Crippen LogP contribution in [-0.2, 0) is 0 Å². The molecule has 4 nitrogen and oxygen atoms in total. The zero-order valence-electron chi connectivity index (χ0n) is 11.0. The normalized spacial score (nSPS) is 16.2. The molecule has 3 rings (SSSR count). The fourth-order valence-corrected chi connectivity index (χ4v) is 2.17. The van der Waals surface area contributed by atoms with E-state index in [1.54, 1.807) is 12.4 Å². The van der Waals surface area contributed by atoms with Crippen molar-refractivity contribution in [2.24, 2.45) is 0 Å². The van der Waals surface area contributed by atoms with Crippen LogP contribution in [0.2, 0.25) is 0 Å². The zero-order valence-corrected chi connectivity index (χ0v) is 11.0. The van der Waals surface area contributed by atoms with Gasteiger partial charge in [0.25, 0.3) is 0 Å². The van der Waals surface area contributed by atoms with Gasteiger partial charge in [-0.25, -0.2) is 9.97 Å². The Morgan fingerprint density at radius 2 is 1.95 bits per heavy atom. The summed E-state index contributed by atoms with van der Waals surface area (Å²) in [6, 6.07) is 5.91. The van der Waals surface area contributed by atoms with Crippen LogP contribution in [0.1, 0.15) is 12.1 Å². The average Bonchev–Trinajstić information content (AvgIpc) is 2.49. The number of hydrogen-bond donors (Lipinski definition) is 0. The molecule has 4 heteroatoms. The maximum Gasteiger partial charge on any atom is 0.160 e. The SMILES string of the molecule is CN1CC=C(c2ccc(-c3ncccn3)cn2)CC1. The lowest BCUT2D eigenvalue weighted by molar-refractivity contribution is 0.370. The molecule has 0 fully saturated rings. The third-order valence-corrected chi connectivity index (χ3v) is 3.33. The topological polar surface area (TPSA) is 41.9 Å². The van der Waals surface area contributed by atoms with Gasteiger partial charge in [-0.1, -0.05) is 6.08 Å². The lowest BCUT2D eigenvalue weighted by atomic mass is 10.0. The summed E-state index contributed by atoms with van der Waals surface area (Å²) in [7, 11) is 2.14. The summed E-state index contributed by atoms with van der Waals surface area (Å²) in [5.41, 5.74) is 3.35. The molecule has 0 radical (unpaired) electrons. The van der Waals surface area contributed by atoms with Crippen molar-refractivity contribution in [3.8, 4) is 11.4 Å². The molecule has 1 aliphatic heterocycles. The molecule has 0 atom stereocenters. The van der Waals surface area contributed by atoms with E-state index in [0.29, 0.717) is 0 Å². The second-order valence-electron chi connectivity index (χ2n) is 4.75. The quantitative estimate of drug-likeness (QED) is 0.822. The van der Waals surface area contributed by atoms with Crippen LogP contribution in [0.5, 0.6) is 0 Å². The summed E-state index contributed by atoms with van der Waals surface area (Å²) in [5, 5.41) is 0. The summed E-state index contributed by atoms with van der Waals surface area (Å²) in [5.74, 6) is 0.721. The molecule has 0 unspecified atom stereocenters. The van der Waals surface area contributed by atoms with Gasteiger partial charge in [0.05, 0.1) is 5.69 Å². The fourth-order valence-electron chi connectivity index (χ4n) is 2.17. The Hall–Kier alpha value is -2.07. The molecule has 3 heterocycles. The smallest absolute Gasteiger partial charge is 0.160 e. The number of aromatic nitrogens is 3. The lowest BCUT2D eigenvalue weighted by Crippen LogP contribution is -2.23. The predicted molar refractivity (Wildman–Crippen MR) is 75.4 cm³/mol. The van der Waals surface area contributed by atoms with Gasteiger partial charge in [-0.3, -0.25) is 4.98 Å². The van der Waals surface area contributed by atoms with Gasteiger partial charge in [0.2, 0.25) is 0 Å². The molecule has 19 heavy (non-hydrogen) atoms. The maximum atomic E-state index is 4.54. The molecular formula is C15H16N4. The van der Waals surface area contributed by atoms with E-state index in [9.17, 15) is 0 Å². The number of nitrogens with zero attached hydrogens (tertiary/aromatic N) is 4.